The molecule has 0 saturated carbocycles. The van der Waals surface area contributed by atoms with Gasteiger partial charge in [0.2, 0.25) is 0 Å². The molecule has 0 unspecified atom stereocenters. The lowest BCUT2D eigenvalue weighted by molar-refractivity contribution is -0.145. The molecule has 0 spiro atoms. The van der Waals surface area contributed by atoms with Crippen LogP contribution in [0.2, 0.25) is 0 Å². The molecule has 0 aliphatic carbocycles. The van der Waals surface area contributed by atoms with Crippen molar-refractivity contribution in [2.75, 3.05) is 13.2 Å². The van der Waals surface area contributed by atoms with E-state index in [0.29, 0.717) is 32.0 Å². The summed E-state index contributed by atoms with van der Waals surface area (Å²) >= 11 is 0. The van der Waals surface area contributed by atoms with Gasteiger partial charge in [0.1, 0.15) is 6.61 Å². The van der Waals surface area contributed by atoms with Crippen LogP contribution in [-0.2, 0) is 19.1 Å². The van der Waals surface area contributed by atoms with Crippen LogP contribution in [0.3, 0.4) is 0 Å². The lowest BCUT2D eigenvalue weighted by Gasteiger charge is -2.07. The maximum absolute atomic E-state index is 11.4. The Labute approximate surface area is 141 Å². The first-order valence-corrected chi connectivity index (χ1v) is 8.86. The second-order valence-electron chi connectivity index (χ2n) is 6.66. The number of hydrogen-bond donors (Lipinski definition) is 0. The minimum Gasteiger partial charge on any atom is -0.465 e. The molecule has 4 nitrogen and oxygen atoms in total. The van der Waals surface area contributed by atoms with E-state index in [9.17, 15) is 9.59 Å². The zero-order valence-electron chi connectivity index (χ0n) is 15.4. The summed E-state index contributed by atoms with van der Waals surface area (Å²) in [5, 5.41) is 0. The van der Waals surface area contributed by atoms with E-state index in [4.69, 9.17) is 9.47 Å². The topological polar surface area (TPSA) is 52.6 Å². The average molecular weight is 326 g/mol. The molecule has 0 aromatic heterocycles. The number of unbranched alkanes of at least 4 members (excludes halogenated alkanes) is 5. The molecule has 0 aromatic carbocycles. The Hall–Kier alpha value is -1.32. The van der Waals surface area contributed by atoms with Gasteiger partial charge in [-0.05, 0) is 38.7 Å². The van der Waals surface area contributed by atoms with Gasteiger partial charge >= 0.3 is 11.9 Å². The van der Waals surface area contributed by atoms with Gasteiger partial charge in [-0.2, -0.15) is 0 Å². The third-order valence-electron chi connectivity index (χ3n) is 3.33. The van der Waals surface area contributed by atoms with Gasteiger partial charge in [0.25, 0.3) is 0 Å². The van der Waals surface area contributed by atoms with Gasteiger partial charge in [0.05, 0.1) is 6.61 Å². The number of allylic oxidation sites excluding steroid dienone is 1. The fourth-order valence-corrected chi connectivity index (χ4v) is 1.95. The highest BCUT2D eigenvalue weighted by Gasteiger charge is 2.04. The summed E-state index contributed by atoms with van der Waals surface area (Å²) < 4.78 is 10.2. The van der Waals surface area contributed by atoms with Crippen molar-refractivity contribution in [1.82, 2.24) is 0 Å². The Morgan fingerprint density at radius 1 is 0.826 bits per heavy atom. The minimum absolute atomic E-state index is 0.0854. The summed E-state index contributed by atoms with van der Waals surface area (Å²) in [6.45, 7) is 8.93. The number of esters is 2. The first-order chi connectivity index (χ1) is 10.9. The number of carbonyl (C=O) groups is 2. The molecule has 0 aliphatic rings. The first-order valence-electron chi connectivity index (χ1n) is 8.86. The van der Waals surface area contributed by atoms with Gasteiger partial charge in [-0.3, -0.25) is 9.59 Å². The molecule has 0 heterocycles. The van der Waals surface area contributed by atoms with Gasteiger partial charge in [0, 0.05) is 12.8 Å². The molecule has 0 N–H and O–H groups in total. The van der Waals surface area contributed by atoms with Gasteiger partial charge in [-0.1, -0.05) is 45.1 Å². The average Bonchev–Trinajstić information content (AvgIpc) is 2.47. The summed E-state index contributed by atoms with van der Waals surface area (Å²) in [6.07, 6.45) is 8.97. The van der Waals surface area contributed by atoms with E-state index in [1.54, 1.807) is 0 Å². The van der Waals surface area contributed by atoms with E-state index in [2.05, 4.69) is 0 Å². The predicted octanol–water partition coefficient (Wildman–Crippen LogP) is 4.82. The zero-order chi connectivity index (χ0) is 17.5. The van der Waals surface area contributed by atoms with Gasteiger partial charge < -0.3 is 9.47 Å². The van der Waals surface area contributed by atoms with Crippen LogP contribution in [0.5, 0.6) is 0 Å². The molecule has 23 heavy (non-hydrogen) atoms. The fourth-order valence-electron chi connectivity index (χ4n) is 1.95. The minimum atomic E-state index is -0.115. The standard InChI is InChI=1S/C19H34O4/c1-16(2)13-14-22-18(20)11-9-7-5-6-8-10-12-19(21)23-15-17(3)4/h13,17H,5-12,14-15H2,1-4H3. The second kappa shape index (κ2) is 14.3. The Kier molecular flexibility index (Phi) is 13.5. The SMILES string of the molecule is CC(C)=CCOC(=O)CCCCCCCCC(=O)OCC(C)C. The lowest BCUT2D eigenvalue weighted by Crippen LogP contribution is -2.09. The van der Waals surface area contributed by atoms with Crippen LogP contribution in [0.25, 0.3) is 0 Å². The molecule has 0 fully saturated rings. The normalized spacial score (nSPS) is 10.5. The van der Waals surface area contributed by atoms with Gasteiger partial charge in [-0.25, -0.2) is 0 Å². The second-order valence-corrected chi connectivity index (χ2v) is 6.66. The van der Waals surface area contributed by atoms with Gasteiger partial charge in [0.15, 0.2) is 0 Å². The number of ether oxygens (including phenoxy) is 2. The Morgan fingerprint density at radius 2 is 1.30 bits per heavy atom. The Balaban J connectivity index is 3.34. The molecular weight excluding hydrogens is 292 g/mol. The van der Waals surface area contributed by atoms with Crippen molar-refractivity contribution in [3.63, 3.8) is 0 Å². The largest absolute Gasteiger partial charge is 0.465 e. The Bertz CT molecular complexity index is 354. The molecule has 0 amide bonds. The summed E-state index contributed by atoms with van der Waals surface area (Å²) in [7, 11) is 0. The molecule has 0 rings (SSSR count). The van der Waals surface area contributed by atoms with Crippen LogP contribution in [0, 0.1) is 5.92 Å². The van der Waals surface area contributed by atoms with Crippen molar-refractivity contribution in [2.24, 2.45) is 5.92 Å². The summed E-state index contributed by atoms with van der Waals surface area (Å²) in [5.41, 5.74) is 1.16. The van der Waals surface area contributed by atoms with E-state index in [1.165, 1.54) is 0 Å². The van der Waals surface area contributed by atoms with E-state index < -0.39 is 0 Å². The van der Waals surface area contributed by atoms with Crippen LogP contribution in [0.1, 0.15) is 79.1 Å². The summed E-state index contributed by atoms with van der Waals surface area (Å²) in [5.74, 6) is 0.195. The quantitative estimate of drug-likeness (QED) is 0.277. The number of rotatable bonds is 13. The third kappa shape index (κ3) is 16.9. The smallest absolute Gasteiger partial charge is 0.306 e. The fraction of sp³-hybridized carbons (Fsp3) is 0.789. The van der Waals surface area contributed by atoms with Crippen LogP contribution < -0.4 is 0 Å². The molecule has 134 valence electrons. The van der Waals surface area contributed by atoms with Crippen molar-refractivity contribution in [1.29, 1.82) is 0 Å². The number of hydrogen-bond acceptors (Lipinski definition) is 4. The molecule has 0 aliphatic heterocycles. The van der Waals surface area contributed by atoms with Crippen molar-refractivity contribution >= 4 is 11.9 Å². The maximum Gasteiger partial charge on any atom is 0.306 e. The zero-order valence-corrected chi connectivity index (χ0v) is 15.4. The maximum atomic E-state index is 11.4. The monoisotopic (exact) mass is 326 g/mol. The summed E-state index contributed by atoms with van der Waals surface area (Å²) in [6, 6.07) is 0. The third-order valence-corrected chi connectivity index (χ3v) is 3.33. The van der Waals surface area contributed by atoms with E-state index in [-0.39, 0.29) is 11.9 Å². The van der Waals surface area contributed by atoms with Crippen molar-refractivity contribution in [3.8, 4) is 0 Å². The van der Waals surface area contributed by atoms with E-state index >= 15 is 0 Å². The molecule has 0 aromatic rings. The summed E-state index contributed by atoms with van der Waals surface area (Å²) in [4.78, 5) is 22.8. The highest BCUT2D eigenvalue weighted by atomic mass is 16.5. The predicted molar refractivity (Wildman–Crippen MR) is 93.1 cm³/mol. The molecule has 4 heteroatoms. The molecule has 0 bridgehead atoms. The lowest BCUT2D eigenvalue weighted by atomic mass is 10.1. The first kappa shape index (κ1) is 21.7. The van der Waals surface area contributed by atoms with Gasteiger partial charge in [-0.15, -0.1) is 0 Å². The van der Waals surface area contributed by atoms with Crippen LogP contribution in [0.4, 0.5) is 0 Å². The van der Waals surface area contributed by atoms with Crippen LogP contribution in [0.15, 0.2) is 11.6 Å². The van der Waals surface area contributed by atoms with E-state index in [1.807, 2.05) is 33.8 Å². The van der Waals surface area contributed by atoms with Crippen LogP contribution in [-0.4, -0.2) is 25.2 Å². The molecular formula is C19H34O4. The molecule has 0 saturated heterocycles. The highest BCUT2D eigenvalue weighted by molar-refractivity contribution is 5.69. The number of carbonyl (C=O) groups excluding carboxylic acids is 2. The van der Waals surface area contributed by atoms with Crippen LogP contribution >= 0.6 is 0 Å². The van der Waals surface area contributed by atoms with E-state index in [0.717, 1.165) is 44.1 Å². The van der Waals surface area contributed by atoms with Crippen molar-refractivity contribution < 1.29 is 19.1 Å². The van der Waals surface area contributed by atoms with Crippen molar-refractivity contribution in [3.05, 3.63) is 11.6 Å². The van der Waals surface area contributed by atoms with Crippen molar-refractivity contribution in [2.45, 2.75) is 79.1 Å². The molecule has 0 atom stereocenters. The highest BCUT2D eigenvalue weighted by Crippen LogP contribution is 2.10. The molecule has 0 radical (unpaired) electrons. The Morgan fingerprint density at radius 3 is 1.78 bits per heavy atom.